The summed E-state index contributed by atoms with van der Waals surface area (Å²) in [7, 11) is 0. The molecule has 0 saturated carbocycles. The van der Waals surface area contributed by atoms with Gasteiger partial charge >= 0.3 is 0 Å². The van der Waals surface area contributed by atoms with E-state index in [1.165, 1.54) is 17.4 Å². The fourth-order valence-electron chi connectivity index (χ4n) is 1.90. The largest absolute Gasteiger partial charge is 0.380 e. The summed E-state index contributed by atoms with van der Waals surface area (Å²) in [5.74, 6) is -1.08. The van der Waals surface area contributed by atoms with Gasteiger partial charge in [-0.05, 0) is 19.1 Å². The van der Waals surface area contributed by atoms with Crippen molar-refractivity contribution in [3.63, 3.8) is 0 Å². The van der Waals surface area contributed by atoms with Gasteiger partial charge in [-0.15, -0.1) is 11.3 Å². The zero-order valence-electron chi connectivity index (χ0n) is 10.4. The van der Waals surface area contributed by atoms with Crippen molar-refractivity contribution in [2.75, 3.05) is 5.73 Å². The number of rotatable bonds is 2. The van der Waals surface area contributed by atoms with Crippen molar-refractivity contribution in [2.45, 2.75) is 6.92 Å². The Hall–Kier alpha value is -2.28. The average Bonchev–Trinajstić information content (AvgIpc) is 2.96. The third kappa shape index (κ3) is 2.05. The van der Waals surface area contributed by atoms with Gasteiger partial charge in [0.05, 0.1) is 10.6 Å². The van der Waals surface area contributed by atoms with E-state index in [1.54, 1.807) is 5.38 Å². The third-order valence-electron chi connectivity index (χ3n) is 2.77. The van der Waals surface area contributed by atoms with E-state index in [-0.39, 0.29) is 22.7 Å². The van der Waals surface area contributed by atoms with E-state index in [2.05, 4.69) is 10.1 Å². The molecule has 0 atom stereocenters. The smallest absolute Gasteiger partial charge is 0.196 e. The minimum absolute atomic E-state index is 0.0381. The number of nitrogens with two attached hydrogens (primary N) is 1. The van der Waals surface area contributed by atoms with Crippen LogP contribution >= 0.6 is 11.3 Å². The number of halogens is 2. The molecule has 0 aliphatic carbocycles. The summed E-state index contributed by atoms with van der Waals surface area (Å²) in [5, 5.41) is 6.25. The first-order valence-corrected chi connectivity index (χ1v) is 6.57. The lowest BCUT2D eigenvalue weighted by atomic mass is 10.0. The van der Waals surface area contributed by atoms with Gasteiger partial charge < -0.3 is 10.3 Å². The van der Waals surface area contributed by atoms with Gasteiger partial charge in [-0.2, -0.15) is 0 Å². The number of nitrogens with zero attached hydrogens (tertiary/aromatic N) is 2. The standard InChI is InChI=1S/C13H9F2N3OS/c1-6-17-10(5-20-6)12-11(13(16)18-19-12)8-3-2-7(14)4-9(8)15/h2-5H,1H3,(H2,16,18). The van der Waals surface area contributed by atoms with Crippen LogP contribution in [0.5, 0.6) is 0 Å². The lowest BCUT2D eigenvalue weighted by molar-refractivity contribution is 0.435. The van der Waals surface area contributed by atoms with Crippen molar-refractivity contribution in [1.82, 2.24) is 10.1 Å². The van der Waals surface area contributed by atoms with Crippen LogP contribution in [0.2, 0.25) is 0 Å². The Morgan fingerprint density at radius 2 is 2.10 bits per heavy atom. The van der Waals surface area contributed by atoms with E-state index in [9.17, 15) is 8.78 Å². The van der Waals surface area contributed by atoms with Gasteiger partial charge in [0, 0.05) is 17.0 Å². The molecule has 3 rings (SSSR count). The second-order valence-electron chi connectivity index (χ2n) is 4.15. The molecule has 0 aliphatic rings. The average molecular weight is 293 g/mol. The van der Waals surface area contributed by atoms with Gasteiger partial charge in [0.15, 0.2) is 11.6 Å². The van der Waals surface area contributed by atoms with Crippen LogP contribution in [-0.4, -0.2) is 10.1 Å². The van der Waals surface area contributed by atoms with Crippen LogP contribution < -0.4 is 5.73 Å². The molecule has 1 aromatic carbocycles. The van der Waals surface area contributed by atoms with E-state index in [1.807, 2.05) is 6.92 Å². The predicted octanol–water partition coefficient (Wildman–Crippen LogP) is 3.63. The Morgan fingerprint density at radius 1 is 1.30 bits per heavy atom. The van der Waals surface area contributed by atoms with Crippen molar-refractivity contribution >= 4 is 17.2 Å². The summed E-state index contributed by atoms with van der Waals surface area (Å²) in [5.41, 5.74) is 6.67. The third-order valence-corrected chi connectivity index (χ3v) is 3.54. The molecule has 0 aliphatic heterocycles. The molecule has 0 bridgehead atoms. The van der Waals surface area contributed by atoms with Gasteiger partial charge in [0.2, 0.25) is 0 Å². The molecule has 7 heteroatoms. The van der Waals surface area contributed by atoms with Gasteiger partial charge in [-0.25, -0.2) is 13.8 Å². The zero-order valence-corrected chi connectivity index (χ0v) is 11.2. The van der Waals surface area contributed by atoms with Crippen LogP contribution in [0.25, 0.3) is 22.6 Å². The maximum absolute atomic E-state index is 13.9. The number of nitrogen functional groups attached to an aromatic ring is 1. The Balaban J connectivity index is 2.21. The molecular weight excluding hydrogens is 284 g/mol. The zero-order chi connectivity index (χ0) is 14.3. The van der Waals surface area contributed by atoms with Gasteiger partial charge in [-0.1, -0.05) is 5.16 Å². The molecule has 102 valence electrons. The monoisotopic (exact) mass is 293 g/mol. The molecule has 0 unspecified atom stereocenters. The molecule has 4 nitrogen and oxygen atoms in total. The summed E-state index contributed by atoms with van der Waals surface area (Å²) in [6, 6.07) is 3.25. The minimum atomic E-state index is -0.729. The lowest BCUT2D eigenvalue weighted by Crippen LogP contribution is -1.92. The van der Waals surface area contributed by atoms with Crippen molar-refractivity contribution in [3.05, 3.63) is 40.2 Å². The molecule has 2 aromatic heterocycles. The minimum Gasteiger partial charge on any atom is -0.380 e. The van der Waals surface area contributed by atoms with E-state index in [0.29, 0.717) is 5.69 Å². The highest BCUT2D eigenvalue weighted by atomic mass is 32.1. The number of aromatic nitrogens is 2. The van der Waals surface area contributed by atoms with Crippen molar-refractivity contribution in [1.29, 1.82) is 0 Å². The number of thiazole rings is 1. The van der Waals surface area contributed by atoms with Crippen molar-refractivity contribution < 1.29 is 13.3 Å². The van der Waals surface area contributed by atoms with Crippen molar-refractivity contribution in [3.8, 4) is 22.6 Å². The second kappa shape index (κ2) is 4.68. The molecule has 0 fully saturated rings. The first kappa shape index (κ1) is 12.7. The maximum atomic E-state index is 13.9. The Bertz CT molecular complexity index is 782. The van der Waals surface area contributed by atoms with Crippen LogP contribution in [0, 0.1) is 18.6 Å². The molecule has 0 saturated heterocycles. The molecule has 3 aromatic rings. The summed E-state index contributed by atoms with van der Waals surface area (Å²) in [4.78, 5) is 4.26. The van der Waals surface area contributed by atoms with Crippen LogP contribution in [0.15, 0.2) is 28.1 Å². The number of aryl methyl sites for hydroxylation is 1. The Kier molecular flexibility index (Phi) is 2.98. The first-order valence-electron chi connectivity index (χ1n) is 5.69. The van der Waals surface area contributed by atoms with E-state index >= 15 is 0 Å². The predicted molar refractivity (Wildman–Crippen MR) is 72.1 cm³/mol. The molecule has 0 amide bonds. The molecule has 0 spiro atoms. The highest BCUT2D eigenvalue weighted by Crippen LogP contribution is 2.38. The summed E-state index contributed by atoms with van der Waals surface area (Å²) >= 11 is 1.43. The van der Waals surface area contributed by atoms with E-state index in [0.717, 1.165) is 17.1 Å². The van der Waals surface area contributed by atoms with Crippen molar-refractivity contribution in [2.24, 2.45) is 0 Å². The van der Waals surface area contributed by atoms with E-state index < -0.39 is 11.6 Å². The first-order chi connectivity index (χ1) is 9.56. The quantitative estimate of drug-likeness (QED) is 0.783. The number of hydrogen-bond donors (Lipinski definition) is 1. The molecule has 0 radical (unpaired) electrons. The summed E-state index contributed by atoms with van der Waals surface area (Å²) in [6.45, 7) is 1.84. The van der Waals surface area contributed by atoms with Crippen LogP contribution in [0.3, 0.4) is 0 Å². The summed E-state index contributed by atoms with van der Waals surface area (Å²) in [6.07, 6.45) is 0. The van der Waals surface area contributed by atoms with Crippen LogP contribution in [0.4, 0.5) is 14.6 Å². The normalized spacial score (nSPS) is 10.9. The van der Waals surface area contributed by atoms with Gasteiger partial charge in [0.25, 0.3) is 0 Å². The molecule has 2 N–H and O–H groups in total. The Labute approximate surface area is 116 Å². The molecular formula is C13H9F2N3OS. The number of benzene rings is 1. The topological polar surface area (TPSA) is 64.9 Å². The maximum Gasteiger partial charge on any atom is 0.196 e. The Morgan fingerprint density at radius 3 is 2.75 bits per heavy atom. The summed E-state index contributed by atoms with van der Waals surface area (Å²) < 4.78 is 32.1. The SMILES string of the molecule is Cc1nc(-c2onc(N)c2-c2ccc(F)cc2F)cs1. The fourth-order valence-corrected chi connectivity index (χ4v) is 2.49. The number of anilines is 1. The highest BCUT2D eigenvalue weighted by molar-refractivity contribution is 7.09. The van der Waals surface area contributed by atoms with E-state index in [4.69, 9.17) is 10.3 Å². The highest BCUT2D eigenvalue weighted by Gasteiger charge is 2.22. The molecule has 2 heterocycles. The number of hydrogen-bond acceptors (Lipinski definition) is 5. The van der Waals surface area contributed by atoms with Gasteiger partial charge in [-0.3, -0.25) is 0 Å². The van der Waals surface area contributed by atoms with Gasteiger partial charge in [0.1, 0.15) is 17.3 Å². The molecule has 20 heavy (non-hydrogen) atoms. The van der Waals surface area contributed by atoms with Crippen LogP contribution in [-0.2, 0) is 0 Å². The lowest BCUT2D eigenvalue weighted by Gasteiger charge is -2.03. The van der Waals surface area contributed by atoms with Crippen LogP contribution in [0.1, 0.15) is 5.01 Å². The fraction of sp³-hybridized carbons (Fsp3) is 0.0769. The second-order valence-corrected chi connectivity index (χ2v) is 5.21.